The molecule has 0 unspecified atom stereocenters. The van der Waals surface area contributed by atoms with Gasteiger partial charge >= 0.3 is 0 Å². The van der Waals surface area contributed by atoms with Crippen LogP contribution in [0.5, 0.6) is 23.0 Å². The molecule has 4 aliphatic heterocycles. The second kappa shape index (κ2) is 18.0. The number of nitrogens with one attached hydrogen (secondary N) is 4. The molecule has 4 aliphatic rings. The molecule has 6 atom stereocenters. The number of para-hydroxylation sites is 8. The summed E-state index contributed by atoms with van der Waals surface area (Å²) < 4.78 is 69.3. The maximum atomic E-state index is 13.0. The third-order valence-electron chi connectivity index (χ3n) is 11.9. The Labute approximate surface area is 373 Å². The summed E-state index contributed by atoms with van der Waals surface area (Å²) in [5, 5.41) is 29.3. The zero-order valence-electron chi connectivity index (χ0n) is 35.2. The van der Waals surface area contributed by atoms with Crippen LogP contribution >= 0.6 is 0 Å². The van der Waals surface area contributed by atoms with Gasteiger partial charge in [-0.25, -0.2) is 26.3 Å². The molecule has 2 saturated heterocycles. The van der Waals surface area contributed by atoms with Gasteiger partial charge in [0.1, 0.15) is 0 Å². The molecule has 332 valence electrons. The van der Waals surface area contributed by atoms with E-state index in [0.29, 0.717) is 49.2 Å². The lowest BCUT2D eigenvalue weighted by atomic mass is 9.96. The Morgan fingerprint density at radius 2 is 0.766 bits per heavy atom. The topological polar surface area (TPSA) is 182 Å². The van der Waals surface area contributed by atoms with Gasteiger partial charge in [-0.1, -0.05) is 83.9 Å². The highest BCUT2D eigenvalue weighted by Gasteiger charge is 2.43. The van der Waals surface area contributed by atoms with Crippen LogP contribution in [0.3, 0.4) is 0 Å². The number of hydrogen-bond acceptors (Lipinski definition) is 12. The van der Waals surface area contributed by atoms with E-state index in [-0.39, 0.29) is 9.79 Å². The number of fused-ring (bicyclic) bond motifs is 4. The van der Waals surface area contributed by atoms with Gasteiger partial charge in [-0.05, 0) is 86.6 Å². The lowest BCUT2D eigenvalue weighted by Crippen LogP contribution is -2.64. The number of aliphatic hydroxyl groups excluding tert-OH is 2. The van der Waals surface area contributed by atoms with Crippen LogP contribution in [0.1, 0.15) is 11.1 Å². The van der Waals surface area contributed by atoms with Crippen LogP contribution in [0.4, 0.5) is 22.7 Å². The molecule has 16 heteroatoms. The second-order valence-corrected chi connectivity index (χ2v) is 19.8. The monoisotopic (exact) mass is 902 g/mol. The van der Waals surface area contributed by atoms with Crippen molar-refractivity contribution in [2.75, 3.05) is 36.0 Å². The second-order valence-electron chi connectivity index (χ2n) is 16.3. The van der Waals surface area contributed by atoms with Gasteiger partial charge in [-0.3, -0.25) is 0 Å². The van der Waals surface area contributed by atoms with Crippen molar-refractivity contribution in [1.29, 1.82) is 0 Å². The molecule has 0 bridgehead atoms. The minimum Gasteiger partial charge on any atom is -0.453 e. The van der Waals surface area contributed by atoms with Crippen molar-refractivity contribution < 1.29 is 36.5 Å². The summed E-state index contributed by atoms with van der Waals surface area (Å²) in [4.78, 5) is 4.44. The SMILES string of the molecule is Cc1ccc(S(=O)(=O)N[C@@H]2CNC[C@H](N3c4ccccc4Oc4ccccc43)[C@H]2O)cc1.Cc1ccc(S(=O)(=O)N[C@H]2CNC[C@@H](N3c4ccccc4Oc4ccccc43)[C@@H]2O)cc1. The molecule has 0 amide bonds. The zero-order chi connectivity index (χ0) is 44.6. The summed E-state index contributed by atoms with van der Waals surface area (Å²) in [6, 6.07) is 41.8. The highest BCUT2D eigenvalue weighted by molar-refractivity contribution is 7.89. The zero-order valence-corrected chi connectivity index (χ0v) is 36.8. The first kappa shape index (κ1) is 43.4. The average molecular weight is 903 g/mol. The minimum absolute atomic E-state index is 0.180. The van der Waals surface area contributed by atoms with Gasteiger partial charge in [-0.15, -0.1) is 0 Å². The Morgan fingerprint density at radius 1 is 0.469 bits per heavy atom. The van der Waals surface area contributed by atoms with Crippen molar-refractivity contribution in [1.82, 2.24) is 20.1 Å². The number of hydrogen-bond donors (Lipinski definition) is 6. The molecule has 14 nitrogen and oxygen atoms in total. The quantitative estimate of drug-likeness (QED) is 0.108. The normalized spacial score (nSPS) is 22.6. The molecule has 0 aliphatic carbocycles. The van der Waals surface area contributed by atoms with Crippen molar-refractivity contribution in [2.45, 2.75) is 60.0 Å². The van der Waals surface area contributed by atoms with E-state index in [4.69, 9.17) is 9.47 Å². The molecule has 0 saturated carbocycles. The standard InChI is InChI=1S/2C24H25N3O4S/c2*1-16-10-12-17(13-11-16)32(29,30)26-18-14-25-15-21(24(18)28)27-19-6-2-4-8-22(19)31-23-9-5-3-7-20(23)27/h2*2-13,18,21,24-26,28H,14-15H2,1H3/t2*18-,21+,24+/m10/s1. The van der Waals surface area contributed by atoms with Gasteiger partial charge in [0.15, 0.2) is 23.0 Å². The molecule has 2 fully saturated rings. The van der Waals surface area contributed by atoms with Gasteiger partial charge in [0.2, 0.25) is 20.0 Å². The lowest BCUT2D eigenvalue weighted by Gasteiger charge is -2.45. The summed E-state index contributed by atoms with van der Waals surface area (Å²) in [5.41, 5.74) is 5.29. The fourth-order valence-electron chi connectivity index (χ4n) is 8.65. The number of sulfonamides is 2. The highest BCUT2D eigenvalue weighted by Crippen LogP contribution is 2.49. The summed E-state index contributed by atoms with van der Waals surface area (Å²) in [6.45, 7) is 5.45. The fraction of sp³-hybridized carbons (Fsp3) is 0.250. The number of nitrogens with zero attached hydrogens (tertiary/aromatic N) is 2. The highest BCUT2D eigenvalue weighted by atomic mass is 32.2. The maximum Gasteiger partial charge on any atom is 0.240 e. The number of anilines is 4. The number of aliphatic hydroxyl groups is 2. The average Bonchev–Trinajstić information content (AvgIpc) is 3.29. The van der Waals surface area contributed by atoms with Crippen molar-refractivity contribution >= 4 is 42.8 Å². The van der Waals surface area contributed by atoms with E-state index >= 15 is 0 Å². The van der Waals surface area contributed by atoms with Crippen LogP contribution < -0.4 is 39.4 Å². The Kier molecular flexibility index (Phi) is 12.2. The summed E-state index contributed by atoms with van der Waals surface area (Å²) in [5.74, 6) is 2.78. The first-order chi connectivity index (χ1) is 30.9. The molecular formula is C48H50N6O8S2. The Bertz CT molecular complexity index is 2560. The van der Waals surface area contributed by atoms with Gasteiger partial charge < -0.3 is 40.1 Å². The van der Waals surface area contributed by atoms with E-state index in [9.17, 15) is 27.0 Å². The molecule has 10 rings (SSSR count). The molecule has 6 N–H and O–H groups in total. The predicted octanol–water partition coefficient (Wildman–Crippen LogP) is 5.84. The number of rotatable bonds is 8. The Morgan fingerprint density at radius 3 is 1.08 bits per heavy atom. The summed E-state index contributed by atoms with van der Waals surface area (Å²) in [7, 11) is -7.56. The molecular weight excluding hydrogens is 853 g/mol. The van der Waals surface area contributed by atoms with Gasteiger partial charge in [-0.2, -0.15) is 0 Å². The van der Waals surface area contributed by atoms with E-state index < -0.39 is 56.4 Å². The van der Waals surface area contributed by atoms with Crippen LogP contribution in [-0.4, -0.2) is 89.6 Å². The first-order valence-corrected chi connectivity index (χ1v) is 24.1. The molecule has 6 aromatic carbocycles. The Balaban J connectivity index is 0.000000162. The summed E-state index contributed by atoms with van der Waals surface area (Å²) in [6.07, 6.45) is -1.90. The largest absolute Gasteiger partial charge is 0.453 e. The van der Waals surface area contributed by atoms with Crippen molar-refractivity contribution in [3.05, 3.63) is 157 Å². The molecule has 64 heavy (non-hydrogen) atoms. The molecule has 0 aromatic heterocycles. The lowest BCUT2D eigenvalue weighted by molar-refractivity contribution is 0.0890. The van der Waals surface area contributed by atoms with Crippen molar-refractivity contribution in [3.8, 4) is 23.0 Å². The molecule has 0 radical (unpaired) electrons. The van der Waals surface area contributed by atoms with Crippen LogP contribution in [0.2, 0.25) is 0 Å². The van der Waals surface area contributed by atoms with Crippen LogP contribution in [-0.2, 0) is 20.0 Å². The number of ether oxygens (including phenoxy) is 2. The minimum atomic E-state index is -3.78. The molecule has 4 heterocycles. The fourth-order valence-corrected chi connectivity index (χ4v) is 11.2. The summed E-state index contributed by atoms with van der Waals surface area (Å²) >= 11 is 0. The van der Waals surface area contributed by atoms with E-state index in [1.54, 1.807) is 48.5 Å². The van der Waals surface area contributed by atoms with E-state index in [1.807, 2.05) is 121 Å². The number of piperidine rings is 2. The van der Waals surface area contributed by atoms with E-state index in [0.717, 1.165) is 33.9 Å². The third kappa shape index (κ3) is 8.71. The third-order valence-corrected chi connectivity index (χ3v) is 14.9. The van der Waals surface area contributed by atoms with Gasteiger partial charge in [0.05, 0.1) is 68.9 Å². The number of aryl methyl sites for hydroxylation is 2. The molecule has 0 spiro atoms. The molecule has 6 aromatic rings. The van der Waals surface area contributed by atoms with Crippen LogP contribution in [0.25, 0.3) is 0 Å². The maximum absolute atomic E-state index is 13.0. The number of benzene rings is 6. The predicted molar refractivity (Wildman–Crippen MR) is 246 cm³/mol. The van der Waals surface area contributed by atoms with Gasteiger partial charge in [0.25, 0.3) is 0 Å². The Hall–Kier alpha value is -5.82. The smallest absolute Gasteiger partial charge is 0.240 e. The van der Waals surface area contributed by atoms with E-state index in [1.165, 1.54) is 0 Å². The van der Waals surface area contributed by atoms with Crippen molar-refractivity contribution in [3.63, 3.8) is 0 Å². The van der Waals surface area contributed by atoms with Gasteiger partial charge in [0, 0.05) is 26.2 Å². The van der Waals surface area contributed by atoms with Crippen LogP contribution in [0, 0.1) is 13.8 Å². The van der Waals surface area contributed by atoms with Crippen molar-refractivity contribution in [2.24, 2.45) is 0 Å². The first-order valence-electron chi connectivity index (χ1n) is 21.1. The van der Waals surface area contributed by atoms with E-state index in [2.05, 4.69) is 20.1 Å². The van der Waals surface area contributed by atoms with Crippen LogP contribution in [0.15, 0.2) is 155 Å².